The topological polar surface area (TPSA) is 62.3 Å². The van der Waals surface area contributed by atoms with Gasteiger partial charge in [-0.25, -0.2) is 0 Å². The van der Waals surface area contributed by atoms with Crippen LogP contribution in [0, 0.1) is 5.92 Å². The van der Waals surface area contributed by atoms with Crippen molar-refractivity contribution in [2.75, 3.05) is 6.54 Å². The molecule has 1 aromatic carbocycles. The van der Waals surface area contributed by atoms with Gasteiger partial charge >= 0.3 is 0 Å². The molecule has 4 rings (SSSR count). The molecule has 2 fully saturated rings. The predicted molar refractivity (Wildman–Crippen MR) is 101 cm³/mol. The van der Waals surface area contributed by atoms with Crippen molar-refractivity contribution in [2.24, 2.45) is 5.92 Å². The number of hydrogen-bond acceptors (Lipinski definition) is 3. The average Bonchev–Trinajstić information content (AvgIpc) is 3.33. The van der Waals surface area contributed by atoms with E-state index in [1.165, 1.54) is 0 Å². The number of hydrogen-bond donors (Lipinski definition) is 1. The van der Waals surface area contributed by atoms with E-state index in [-0.39, 0.29) is 29.7 Å². The highest BCUT2D eigenvalue weighted by Crippen LogP contribution is 2.46. The number of pyridine rings is 1. The molecule has 6 heteroatoms. The molecular weight excluding hydrogens is 394 g/mol. The third-order valence-corrected chi connectivity index (χ3v) is 5.70. The van der Waals surface area contributed by atoms with Gasteiger partial charge in [0.15, 0.2) is 0 Å². The molecule has 2 heterocycles. The normalized spacial score (nSPS) is 20.9. The molecule has 1 N–H and O–H groups in total. The lowest BCUT2D eigenvalue weighted by Crippen LogP contribution is -2.40. The Hall–Kier alpha value is -2.21. The van der Waals surface area contributed by atoms with Crippen LogP contribution in [0.15, 0.2) is 53.1 Å². The van der Waals surface area contributed by atoms with Crippen LogP contribution in [0.25, 0.3) is 0 Å². The van der Waals surface area contributed by atoms with E-state index in [0.29, 0.717) is 13.1 Å². The lowest BCUT2D eigenvalue weighted by molar-refractivity contribution is -0.129. The van der Waals surface area contributed by atoms with Crippen molar-refractivity contribution in [3.05, 3.63) is 64.4 Å². The first-order chi connectivity index (χ1) is 12.6. The van der Waals surface area contributed by atoms with Crippen molar-refractivity contribution < 1.29 is 9.59 Å². The Labute approximate surface area is 160 Å². The van der Waals surface area contributed by atoms with Crippen molar-refractivity contribution in [3.63, 3.8) is 0 Å². The zero-order valence-corrected chi connectivity index (χ0v) is 15.9. The Morgan fingerprint density at radius 3 is 2.65 bits per heavy atom. The molecule has 1 aliphatic heterocycles. The molecule has 1 aliphatic carbocycles. The number of halogens is 1. The largest absolute Gasteiger partial charge is 0.346 e. The van der Waals surface area contributed by atoms with Gasteiger partial charge < -0.3 is 10.2 Å². The van der Waals surface area contributed by atoms with Crippen LogP contribution in [-0.2, 0) is 21.7 Å². The highest BCUT2D eigenvalue weighted by atomic mass is 79.9. The van der Waals surface area contributed by atoms with E-state index < -0.39 is 0 Å². The van der Waals surface area contributed by atoms with Gasteiger partial charge in [0.2, 0.25) is 11.8 Å². The van der Waals surface area contributed by atoms with E-state index in [2.05, 4.69) is 26.2 Å². The number of amides is 2. The summed E-state index contributed by atoms with van der Waals surface area (Å²) < 4.78 is 1.02. The molecule has 2 aliphatic rings. The molecule has 0 spiro atoms. The number of likely N-dealkylation sites (tertiary alicyclic amines) is 1. The van der Waals surface area contributed by atoms with Gasteiger partial charge in [-0.15, -0.1) is 0 Å². The SMILES string of the molecule is O=C(NC1(c2ccc(Br)cc2)CC1)C1CC(=O)N(Cc2ccccn2)C1. The van der Waals surface area contributed by atoms with Crippen LogP contribution >= 0.6 is 15.9 Å². The molecule has 0 radical (unpaired) electrons. The Kier molecular flexibility index (Phi) is 4.53. The molecule has 26 heavy (non-hydrogen) atoms. The lowest BCUT2D eigenvalue weighted by Gasteiger charge is -2.21. The fourth-order valence-electron chi connectivity index (χ4n) is 3.51. The summed E-state index contributed by atoms with van der Waals surface area (Å²) in [6, 6.07) is 13.7. The minimum atomic E-state index is -0.292. The van der Waals surface area contributed by atoms with E-state index in [1.54, 1.807) is 11.1 Å². The molecular formula is C20H20BrN3O2. The number of rotatable bonds is 5. The number of carbonyl (C=O) groups excluding carboxylic acids is 2. The second-order valence-corrected chi connectivity index (χ2v) is 7.99. The van der Waals surface area contributed by atoms with Crippen LogP contribution in [0.3, 0.4) is 0 Å². The summed E-state index contributed by atoms with van der Waals surface area (Å²) in [5.74, 6) is -0.300. The maximum atomic E-state index is 12.8. The fraction of sp³-hybridized carbons (Fsp3) is 0.350. The molecule has 1 saturated carbocycles. The maximum absolute atomic E-state index is 12.8. The first kappa shape index (κ1) is 17.2. The number of nitrogens with zero attached hydrogens (tertiary/aromatic N) is 2. The zero-order valence-electron chi connectivity index (χ0n) is 14.3. The first-order valence-electron chi connectivity index (χ1n) is 8.81. The average molecular weight is 414 g/mol. The first-order valence-corrected chi connectivity index (χ1v) is 9.61. The quantitative estimate of drug-likeness (QED) is 0.819. The minimum absolute atomic E-state index is 0.0179. The molecule has 134 valence electrons. The Morgan fingerprint density at radius 1 is 1.23 bits per heavy atom. The Balaban J connectivity index is 1.40. The smallest absolute Gasteiger partial charge is 0.226 e. The van der Waals surface area contributed by atoms with Gasteiger partial charge in [-0.2, -0.15) is 0 Å². The van der Waals surface area contributed by atoms with Gasteiger partial charge in [0.25, 0.3) is 0 Å². The lowest BCUT2D eigenvalue weighted by atomic mass is 10.0. The molecule has 2 aromatic rings. The molecule has 0 bridgehead atoms. The number of benzene rings is 1. The highest BCUT2D eigenvalue weighted by Gasteiger charge is 2.47. The fourth-order valence-corrected chi connectivity index (χ4v) is 3.77. The summed E-state index contributed by atoms with van der Waals surface area (Å²) in [4.78, 5) is 31.1. The van der Waals surface area contributed by atoms with E-state index in [1.807, 2.05) is 42.5 Å². The van der Waals surface area contributed by atoms with Crippen LogP contribution in [0.1, 0.15) is 30.5 Å². The summed E-state index contributed by atoms with van der Waals surface area (Å²) in [7, 11) is 0. The van der Waals surface area contributed by atoms with Gasteiger partial charge in [-0.1, -0.05) is 34.1 Å². The molecule has 1 aromatic heterocycles. The van der Waals surface area contributed by atoms with Gasteiger partial charge in [0.05, 0.1) is 23.7 Å². The Bertz CT molecular complexity index is 819. The molecule has 5 nitrogen and oxygen atoms in total. The summed E-state index contributed by atoms with van der Waals surface area (Å²) in [6.45, 7) is 0.916. The molecule has 1 unspecified atom stereocenters. The predicted octanol–water partition coefficient (Wildman–Crippen LogP) is 3.00. The van der Waals surface area contributed by atoms with E-state index in [0.717, 1.165) is 28.6 Å². The van der Waals surface area contributed by atoms with Crippen molar-refractivity contribution in [1.82, 2.24) is 15.2 Å². The van der Waals surface area contributed by atoms with Crippen LogP contribution in [-0.4, -0.2) is 28.2 Å². The van der Waals surface area contributed by atoms with Gasteiger partial charge in [-0.3, -0.25) is 14.6 Å². The molecule has 1 atom stereocenters. The number of nitrogens with one attached hydrogen (secondary N) is 1. The van der Waals surface area contributed by atoms with E-state index in [4.69, 9.17) is 0 Å². The van der Waals surface area contributed by atoms with Crippen LogP contribution in [0.4, 0.5) is 0 Å². The van der Waals surface area contributed by atoms with Crippen LogP contribution in [0.2, 0.25) is 0 Å². The second-order valence-electron chi connectivity index (χ2n) is 7.07. The maximum Gasteiger partial charge on any atom is 0.226 e. The minimum Gasteiger partial charge on any atom is -0.346 e. The van der Waals surface area contributed by atoms with Gasteiger partial charge in [0.1, 0.15) is 0 Å². The van der Waals surface area contributed by atoms with E-state index >= 15 is 0 Å². The van der Waals surface area contributed by atoms with Crippen molar-refractivity contribution >= 4 is 27.7 Å². The zero-order chi connectivity index (χ0) is 18.1. The Morgan fingerprint density at radius 2 is 2.00 bits per heavy atom. The number of aromatic nitrogens is 1. The second kappa shape index (κ2) is 6.83. The highest BCUT2D eigenvalue weighted by molar-refractivity contribution is 9.10. The third-order valence-electron chi connectivity index (χ3n) is 5.17. The van der Waals surface area contributed by atoms with Gasteiger partial charge in [0, 0.05) is 23.6 Å². The summed E-state index contributed by atoms with van der Waals surface area (Å²) >= 11 is 3.44. The third kappa shape index (κ3) is 3.51. The van der Waals surface area contributed by atoms with Gasteiger partial charge in [-0.05, 0) is 42.7 Å². The number of carbonyl (C=O) groups is 2. The standard InChI is InChI=1S/C20H20BrN3O2/c21-16-6-4-15(5-7-16)20(8-9-20)23-19(26)14-11-18(25)24(12-14)13-17-3-1-2-10-22-17/h1-7,10,14H,8-9,11-13H2,(H,23,26). The van der Waals surface area contributed by atoms with Crippen LogP contribution < -0.4 is 5.32 Å². The van der Waals surface area contributed by atoms with E-state index in [9.17, 15) is 9.59 Å². The monoisotopic (exact) mass is 413 g/mol. The van der Waals surface area contributed by atoms with Crippen LogP contribution in [0.5, 0.6) is 0 Å². The molecule has 2 amide bonds. The summed E-state index contributed by atoms with van der Waals surface area (Å²) in [5, 5.41) is 3.20. The molecule has 1 saturated heterocycles. The van der Waals surface area contributed by atoms with Crippen molar-refractivity contribution in [3.8, 4) is 0 Å². The van der Waals surface area contributed by atoms with Crippen molar-refractivity contribution in [1.29, 1.82) is 0 Å². The van der Waals surface area contributed by atoms with Crippen molar-refractivity contribution in [2.45, 2.75) is 31.3 Å². The summed E-state index contributed by atoms with van der Waals surface area (Å²) in [6.07, 6.45) is 3.88. The summed E-state index contributed by atoms with van der Waals surface area (Å²) in [5.41, 5.74) is 1.72.